The summed E-state index contributed by atoms with van der Waals surface area (Å²) in [4.78, 5) is 17.9. The van der Waals surface area contributed by atoms with E-state index in [9.17, 15) is 4.57 Å². The summed E-state index contributed by atoms with van der Waals surface area (Å²) in [6.45, 7) is 4.24. The topological polar surface area (TPSA) is 57.5 Å². The zero-order valence-electron chi connectivity index (χ0n) is 19.7. The van der Waals surface area contributed by atoms with Gasteiger partial charge < -0.3 is 14.3 Å². The van der Waals surface area contributed by atoms with Crippen LogP contribution in [-0.2, 0) is 4.57 Å². The van der Waals surface area contributed by atoms with E-state index in [4.69, 9.17) is 9.79 Å². The van der Waals surface area contributed by atoms with Crippen molar-refractivity contribution in [3.63, 3.8) is 0 Å². The largest absolute Gasteiger partial charge is 0.328 e. The molecule has 0 saturated carbocycles. The molecule has 0 spiro atoms. The highest BCUT2D eigenvalue weighted by Crippen LogP contribution is 2.35. The molecule has 0 aliphatic heterocycles. The van der Waals surface area contributed by atoms with E-state index >= 15 is 0 Å². The fraction of sp³-hybridized carbons (Fsp3) is 1.00. The lowest BCUT2D eigenvalue weighted by atomic mass is 10.0. The van der Waals surface area contributed by atoms with Crippen LogP contribution in [0.5, 0.6) is 0 Å². The molecule has 0 atom stereocenters. The number of halogens is 1. The second-order valence-electron chi connectivity index (χ2n) is 9.43. The van der Waals surface area contributed by atoms with Crippen molar-refractivity contribution >= 4 is 24.6 Å². The summed E-state index contributed by atoms with van der Waals surface area (Å²) in [6, 6.07) is 0. The van der Waals surface area contributed by atoms with Gasteiger partial charge in [0, 0.05) is 6.42 Å². The Hall–Kier alpha value is 0.590. The fourth-order valence-corrected chi connectivity index (χ4v) is 4.46. The third kappa shape index (κ3) is 26.6. The predicted molar refractivity (Wildman–Crippen MR) is 133 cm³/mol. The van der Waals surface area contributed by atoms with Gasteiger partial charge in [-0.15, -0.1) is 17.0 Å². The minimum absolute atomic E-state index is 0. The number of quaternary nitrogens is 1. The van der Waals surface area contributed by atoms with Crippen LogP contribution in [0, 0.1) is 0 Å². The average Bonchev–Trinajstić information content (AvgIpc) is 2.60. The molecular weight excluding hydrogens is 449 g/mol. The molecule has 0 aromatic heterocycles. The maximum Gasteiger partial charge on any atom is 0.325 e. The van der Waals surface area contributed by atoms with Crippen LogP contribution in [0.25, 0.3) is 0 Å². The summed E-state index contributed by atoms with van der Waals surface area (Å²) in [5.74, 6) is 0. The van der Waals surface area contributed by atoms with Gasteiger partial charge in [0.2, 0.25) is 0 Å². The van der Waals surface area contributed by atoms with Crippen LogP contribution in [0.3, 0.4) is 0 Å². The molecule has 0 aromatic rings. The van der Waals surface area contributed by atoms with Crippen LogP contribution in [0.2, 0.25) is 0 Å². The molecule has 6 heteroatoms. The number of hydrogen-bond acceptors (Lipinski definition) is 1. The second kappa shape index (κ2) is 20.5. The average molecular weight is 502 g/mol. The Balaban J connectivity index is 0. The van der Waals surface area contributed by atoms with Gasteiger partial charge in [-0.2, -0.15) is 0 Å². The summed E-state index contributed by atoms with van der Waals surface area (Å²) in [7, 11) is 0.517. The Morgan fingerprint density at radius 3 is 1.24 bits per heavy atom. The van der Waals surface area contributed by atoms with Crippen LogP contribution in [0.15, 0.2) is 0 Å². The summed E-state index contributed by atoms with van der Waals surface area (Å²) >= 11 is 0. The molecule has 0 saturated heterocycles. The maximum atomic E-state index is 10.9. The zero-order valence-corrected chi connectivity index (χ0v) is 22.4. The Bertz CT molecular complexity index is 388. The third-order valence-electron chi connectivity index (χ3n) is 5.83. The Labute approximate surface area is 192 Å². The van der Waals surface area contributed by atoms with Gasteiger partial charge in [0.25, 0.3) is 0 Å². The first-order valence-corrected chi connectivity index (χ1v) is 13.9. The number of nitrogens with zero attached hydrogens (tertiary/aromatic N) is 1. The van der Waals surface area contributed by atoms with Crippen LogP contribution in [0.4, 0.5) is 0 Å². The molecule has 0 aromatic carbocycles. The molecule has 4 nitrogen and oxygen atoms in total. The van der Waals surface area contributed by atoms with Gasteiger partial charge in [0.15, 0.2) is 0 Å². The first kappa shape index (κ1) is 31.8. The smallest absolute Gasteiger partial charge is 0.325 e. The lowest BCUT2D eigenvalue weighted by Gasteiger charge is -2.30. The number of unbranched alkanes of at least 4 members (excludes halogenated alkanes) is 15. The molecular formula is C23H52BrNO3P+. The summed E-state index contributed by atoms with van der Waals surface area (Å²) < 4.78 is 11.8. The first-order valence-electron chi connectivity index (χ1n) is 12.1. The van der Waals surface area contributed by atoms with Crippen molar-refractivity contribution in [1.82, 2.24) is 0 Å². The summed E-state index contributed by atoms with van der Waals surface area (Å²) in [6.07, 6.45) is 22.9. The van der Waals surface area contributed by atoms with Crippen molar-refractivity contribution in [2.24, 2.45) is 0 Å². The van der Waals surface area contributed by atoms with Crippen molar-refractivity contribution in [3.8, 4) is 0 Å². The summed E-state index contributed by atoms with van der Waals surface area (Å²) in [5.41, 5.74) is 0. The SMILES string of the molecule is Br.CCCCCCCCCCCCCCCCCC[N+](C)(C)CCCP(=O)(O)O. The van der Waals surface area contributed by atoms with E-state index in [1.807, 2.05) is 0 Å². The zero-order chi connectivity index (χ0) is 21.1. The highest BCUT2D eigenvalue weighted by molar-refractivity contribution is 8.93. The van der Waals surface area contributed by atoms with Gasteiger partial charge in [-0.3, -0.25) is 4.57 Å². The van der Waals surface area contributed by atoms with Gasteiger partial charge in [-0.05, 0) is 12.8 Å². The Kier molecular flexibility index (Phi) is 22.5. The highest BCUT2D eigenvalue weighted by atomic mass is 79.9. The van der Waals surface area contributed by atoms with Crippen LogP contribution in [0.1, 0.15) is 116 Å². The van der Waals surface area contributed by atoms with E-state index < -0.39 is 7.60 Å². The number of hydrogen-bond donors (Lipinski definition) is 2. The molecule has 29 heavy (non-hydrogen) atoms. The maximum absolute atomic E-state index is 10.9. The van der Waals surface area contributed by atoms with Gasteiger partial charge >= 0.3 is 7.60 Å². The first-order chi connectivity index (χ1) is 13.3. The quantitative estimate of drug-likeness (QED) is 0.0974. The van der Waals surface area contributed by atoms with E-state index in [2.05, 4.69) is 21.0 Å². The molecule has 0 aliphatic rings. The lowest BCUT2D eigenvalue weighted by molar-refractivity contribution is -0.890. The van der Waals surface area contributed by atoms with E-state index in [1.165, 1.54) is 103 Å². The van der Waals surface area contributed by atoms with Crippen molar-refractivity contribution in [1.29, 1.82) is 0 Å². The van der Waals surface area contributed by atoms with Crippen LogP contribution < -0.4 is 0 Å². The molecule has 0 amide bonds. The molecule has 0 fully saturated rings. The van der Waals surface area contributed by atoms with E-state index in [0.717, 1.165) is 17.6 Å². The molecule has 0 unspecified atom stereocenters. The van der Waals surface area contributed by atoms with Crippen molar-refractivity contribution in [2.75, 3.05) is 33.3 Å². The highest BCUT2D eigenvalue weighted by Gasteiger charge is 2.18. The van der Waals surface area contributed by atoms with Gasteiger partial charge in [0.05, 0.1) is 33.3 Å². The molecule has 0 radical (unpaired) electrons. The van der Waals surface area contributed by atoms with Crippen molar-refractivity contribution in [3.05, 3.63) is 0 Å². The van der Waals surface area contributed by atoms with E-state index in [0.29, 0.717) is 6.42 Å². The molecule has 2 N–H and O–H groups in total. The summed E-state index contributed by atoms with van der Waals surface area (Å²) in [5, 5.41) is 0. The Morgan fingerprint density at radius 2 is 0.897 bits per heavy atom. The second-order valence-corrected chi connectivity index (χ2v) is 11.2. The van der Waals surface area contributed by atoms with E-state index in [1.54, 1.807) is 0 Å². The van der Waals surface area contributed by atoms with Gasteiger partial charge in [0.1, 0.15) is 0 Å². The van der Waals surface area contributed by atoms with Crippen LogP contribution >= 0.6 is 24.6 Å². The lowest BCUT2D eigenvalue weighted by Crippen LogP contribution is -2.41. The predicted octanol–water partition coefficient (Wildman–Crippen LogP) is 7.47. The van der Waals surface area contributed by atoms with Gasteiger partial charge in [-0.1, -0.05) is 96.8 Å². The van der Waals surface area contributed by atoms with Gasteiger partial charge in [-0.25, -0.2) is 0 Å². The standard InChI is InChI=1S/C23H50NO3P.BrH/c1-4-5-6-7-8-9-10-11-12-13-14-15-16-17-18-19-21-24(2,3)22-20-23-28(25,26)27;/h4-23H2,1-3H3,(H-,25,26,27);1H/p+1. The number of rotatable bonds is 21. The fourth-order valence-electron chi connectivity index (χ4n) is 3.90. The molecule has 0 heterocycles. The molecule has 0 rings (SSSR count). The van der Waals surface area contributed by atoms with Crippen LogP contribution in [-0.4, -0.2) is 47.6 Å². The van der Waals surface area contributed by atoms with Crippen molar-refractivity contribution in [2.45, 2.75) is 116 Å². The minimum Gasteiger partial charge on any atom is -0.328 e. The molecule has 0 aliphatic carbocycles. The molecule has 0 bridgehead atoms. The minimum atomic E-state index is -3.83. The molecule has 178 valence electrons. The van der Waals surface area contributed by atoms with E-state index in [-0.39, 0.29) is 23.1 Å². The third-order valence-corrected chi connectivity index (χ3v) is 6.73. The normalized spacial score (nSPS) is 12.2. The monoisotopic (exact) mass is 500 g/mol. The van der Waals surface area contributed by atoms with Crippen molar-refractivity contribution < 1.29 is 18.8 Å². The Morgan fingerprint density at radius 1 is 0.586 bits per heavy atom.